The fourth-order valence-corrected chi connectivity index (χ4v) is 6.76. The molecule has 13 nitrogen and oxygen atoms in total. The lowest BCUT2D eigenvalue weighted by atomic mass is 10.0. The molecule has 0 saturated heterocycles. The third kappa shape index (κ3) is 10.4. The van der Waals surface area contributed by atoms with Gasteiger partial charge in [-0.2, -0.15) is 20.2 Å². The summed E-state index contributed by atoms with van der Waals surface area (Å²) in [7, 11) is -1.26. The summed E-state index contributed by atoms with van der Waals surface area (Å²) in [6, 6.07) is 16.8. The summed E-state index contributed by atoms with van der Waals surface area (Å²) in [4.78, 5) is 16.9. The van der Waals surface area contributed by atoms with E-state index in [1.54, 1.807) is 47.3 Å². The van der Waals surface area contributed by atoms with Crippen LogP contribution in [0.3, 0.4) is 0 Å². The van der Waals surface area contributed by atoms with Crippen molar-refractivity contribution in [1.29, 1.82) is 0 Å². The van der Waals surface area contributed by atoms with E-state index >= 15 is 0 Å². The number of hydrogen-bond acceptors (Lipinski definition) is 11. The molecule has 0 aliphatic heterocycles. The Morgan fingerprint density at radius 2 is 1.26 bits per heavy atom. The maximum Gasteiger partial charge on any atom is 0.324 e. The largest absolute Gasteiger partial charge is 0.508 e. The molecule has 0 aliphatic carbocycles. The third-order valence-corrected chi connectivity index (χ3v) is 10.8. The molecule has 316 valence electrons. The summed E-state index contributed by atoms with van der Waals surface area (Å²) in [5.74, 6) is -3.15. The van der Waals surface area contributed by atoms with Crippen molar-refractivity contribution in [1.82, 2.24) is 39.9 Å². The zero-order chi connectivity index (χ0) is 42.7. The number of rotatable bonds is 11. The summed E-state index contributed by atoms with van der Waals surface area (Å²) in [5.41, 5.74) is 5.43. The normalized spacial score (nSPS) is 11.3. The SMILES string of the molecule is Cc1cc(O)ccc1-c1[nH]nc2nc(Oc3ccc(F)cc3F)ncc12.Cc1cc(O)ccc1-c1nn(COCC[Si](C)(C)C)c2nc(Oc3ccc(F)cc3F)ncc12.Cl. The Morgan fingerprint density at radius 1 is 0.705 bits per heavy atom. The number of nitrogens with one attached hydrogen (secondary N) is 1. The van der Waals surface area contributed by atoms with Gasteiger partial charge >= 0.3 is 12.0 Å². The molecule has 8 rings (SSSR count). The van der Waals surface area contributed by atoms with Gasteiger partial charge in [-0.25, -0.2) is 32.2 Å². The van der Waals surface area contributed by atoms with E-state index in [1.165, 1.54) is 12.3 Å². The van der Waals surface area contributed by atoms with Gasteiger partial charge in [-0.15, -0.1) is 12.4 Å². The number of aryl methyl sites for hydroxylation is 2. The average molecular weight is 875 g/mol. The molecular weight excluding hydrogens is 836 g/mol. The molecule has 8 aromatic rings. The number of aromatic amines is 1. The van der Waals surface area contributed by atoms with Crippen molar-refractivity contribution in [3.05, 3.63) is 120 Å². The number of hydrogen-bond donors (Lipinski definition) is 3. The highest BCUT2D eigenvalue weighted by Gasteiger charge is 2.20. The van der Waals surface area contributed by atoms with Crippen LogP contribution >= 0.6 is 12.4 Å². The van der Waals surface area contributed by atoms with E-state index in [9.17, 15) is 27.8 Å². The van der Waals surface area contributed by atoms with E-state index in [1.807, 2.05) is 13.8 Å². The fourth-order valence-electron chi connectivity index (χ4n) is 6.01. The minimum Gasteiger partial charge on any atom is -0.508 e. The molecule has 0 fully saturated rings. The second-order valence-corrected chi connectivity index (χ2v) is 20.5. The average Bonchev–Trinajstić information content (AvgIpc) is 3.76. The molecular formula is C42H39ClF4N8O5Si. The van der Waals surface area contributed by atoms with E-state index in [2.05, 4.69) is 49.8 Å². The first-order chi connectivity index (χ1) is 28.6. The molecule has 61 heavy (non-hydrogen) atoms. The zero-order valence-corrected chi connectivity index (χ0v) is 35.2. The topological polar surface area (TPSA) is 166 Å². The van der Waals surface area contributed by atoms with Crippen LogP contribution in [0.5, 0.6) is 35.0 Å². The molecule has 0 spiro atoms. The second kappa shape index (κ2) is 18.3. The summed E-state index contributed by atoms with van der Waals surface area (Å²) < 4.78 is 72.2. The number of aromatic hydroxyl groups is 2. The number of halogens is 5. The highest BCUT2D eigenvalue weighted by Crippen LogP contribution is 2.34. The van der Waals surface area contributed by atoms with Crippen molar-refractivity contribution in [2.45, 2.75) is 46.3 Å². The van der Waals surface area contributed by atoms with Crippen molar-refractivity contribution >= 4 is 42.5 Å². The highest BCUT2D eigenvalue weighted by molar-refractivity contribution is 6.76. The van der Waals surface area contributed by atoms with Crippen LogP contribution in [-0.4, -0.2) is 64.8 Å². The van der Waals surface area contributed by atoms with Crippen molar-refractivity contribution in [2.24, 2.45) is 0 Å². The first-order valence-electron chi connectivity index (χ1n) is 18.5. The summed E-state index contributed by atoms with van der Waals surface area (Å²) >= 11 is 0. The van der Waals surface area contributed by atoms with E-state index in [4.69, 9.17) is 19.3 Å². The number of H-pyrrole nitrogens is 1. The molecule has 0 aliphatic rings. The van der Waals surface area contributed by atoms with Crippen molar-refractivity contribution < 1.29 is 42.0 Å². The van der Waals surface area contributed by atoms with Gasteiger partial charge < -0.3 is 24.4 Å². The van der Waals surface area contributed by atoms with E-state index in [-0.39, 0.29) is 54.2 Å². The number of fused-ring (bicyclic) bond motifs is 2. The first kappa shape index (κ1) is 43.9. The molecule has 0 amide bonds. The van der Waals surface area contributed by atoms with Gasteiger partial charge in [-0.3, -0.25) is 5.10 Å². The molecule has 4 aromatic heterocycles. The number of aromatic nitrogens is 8. The van der Waals surface area contributed by atoms with Crippen LogP contribution in [0.25, 0.3) is 44.6 Å². The van der Waals surface area contributed by atoms with Gasteiger partial charge in [0.05, 0.1) is 16.5 Å². The van der Waals surface area contributed by atoms with Crippen molar-refractivity contribution in [3.8, 4) is 57.5 Å². The predicted molar refractivity (Wildman–Crippen MR) is 225 cm³/mol. The standard InChI is InChI=1S/C24H26F2N4O3Si.C18H12F2N4O2.ClH/c1-15-11-17(31)6-7-18(15)22-19-13-27-24(33-21-8-5-16(25)12-20(21)26)28-23(19)30(29-22)14-32-9-10-34(2,3)4;1-9-6-11(25)3-4-12(9)16-13-8-21-18(22-17(13)24-23-16)26-15-5-2-10(19)7-14(15)20;/h5-8,11-13,31H,9-10,14H2,1-4H3;2-8,25H,1H3,(H,21,22,23,24);1H. The molecule has 3 N–H and O–H groups in total. The van der Waals surface area contributed by atoms with Crippen LogP contribution in [0.1, 0.15) is 11.1 Å². The molecule has 0 saturated carbocycles. The lowest BCUT2D eigenvalue weighted by Crippen LogP contribution is -2.22. The van der Waals surface area contributed by atoms with E-state index in [0.29, 0.717) is 46.1 Å². The molecule has 0 radical (unpaired) electrons. The Bertz CT molecular complexity index is 2860. The van der Waals surface area contributed by atoms with Gasteiger partial charge in [0.2, 0.25) is 0 Å². The minimum atomic E-state index is -1.26. The smallest absolute Gasteiger partial charge is 0.324 e. The van der Waals surface area contributed by atoms with Crippen LogP contribution in [-0.2, 0) is 11.5 Å². The van der Waals surface area contributed by atoms with Gasteiger partial charge in [0.15, 0.2) is 34.4 Å². The van der Waals surface area contributed by atoms with Crippen LogP contribution in [0, 0.1) is 37.1 Å². The maximum atomic E-state index is 14.1. The maximum absolute atomic E-state index is 14.1. The monoisotopic (exact) mass is 874 g/mol. The van der Waals surface area contributed by atoms with Crippen LogP contribution < -0.4 is 9.47 Å². The van der Waals surface area contributed by atoms with Gasteiger partial charge in [-0.05, 0) is 91.7 Å². The number of ether oxygens (including phenoxy) is 3. The highest BCUT2D eigenvalue weighted by atomic mass is 35.5. The fraction of sp³-hybridized carbons (Fsp3) is 0.190. The number of benzene rings is 4. The first-order valence-corrected chi connectivity index (χ1v) is 22.2. The lowest BCUT2D eigenvalue weighted by molar-refractivity contribution is 0.0814. The minimum absolute atomic E-state index is 0. The summed E-state index contributed by atoms with van der Waals surface area (Å²) in [6.07, 6.45) is 3.05. The molecule has 0 atom stereocenters. The van der Waals surface area contributed by atoms with Gasteiger partial charge in [0.25, 0.3) is 0 Å². The number of nitrogens with zero attached hydrogens (tertiary/aromatic N) is 7. The Morgan fingerprint density at radius 3 is 1.82 bits per heavy atom. The Balaban J connectivity index is 0.000000207. The van der Waals surface area contributed by atoms with Crippen LogP contribution in [0.2, 0.25) is 25.7 Å². The van der Waals surface area contributed by atoms with Crippen LogP contribution in [0.4, 0.5) is 17.6 Å². The predicted octanol–water partition coefficient (Wildman–Crippen LogP) is 10.4. The van der Waals surface area contributed by atoms with Gasteiger partial charge in [0.1, 0.15) is 35.6 Å². The summed E-state index contributed by atoms with van der Waals surface area (Å²) in [5, 5.41) is 32.3. The zero-order valence-electron chi connectivity index (χ0n) is 33.4. The van der Waals surface area contributed by atoms with E-state index in [0.717, 1.165) is 52.6 Å². The third-order valence-electron chi connectivity index (χ3n) is 9.10. The van der Waals surface area contributed by atoms with Crippen LogP contribution in [0.15, 0.2) is 85.2 Å². The lowest BCUT2D eigenvalue weighted by Gasteiger charge is -2.15. The Kier molecular flexibility index (Phi) is 13.2. The van der Waals surface area contributed by atoms with Gasteiger partial charge in [0, 0.05) is 50.3 Å². The number of phenolic OH excluding ortho intramolecular Hbond substituents is 2. The molecule has 0 bridgehead atoms. The Hall–Kier alpha value is -6.63. The number of phenols is 2. The molecule has 0 unspecified atom stereocenters. The molecule has 4 heterocycles. The summed E-state index contributed by atoms with van der Waals surface area (Å²) in [6.45, 7) is 11.3. The molecule has 19 heteroatoms. The van der Waals surface area contributed by atoms with E-state index < -0.39 is 31.3 Å². The Labute approximate surface area is 353 Å². The quantitative estimate of drug-likeness (QED) is 0.0643. The molecule has 4 aromatic carbocycles. The van der Waals surface area contributed by atoms with Crippen molar-refractivity contribution in [3.63, 3.8) is 0 Å². The van der Waals surface area contributed by atoms with Crippen molar-refractivity contribution in [2.75, 3.05) is 6.61 Å². The second-order valence-electron chi connectivity index (χ2n) is 14.9. The van der Waals surface area contributed by atoms with Gasteiger partial charge in [-0.1, -0.05) is 19.6 Å².